The highest BCUT2D eigenvalue weighted by Crippen LogP contribution is 2.24. The van der Waals surface area contributed by atoms with Crippen LogP contribution in [0, 0.1) is 12.8 Å². The molecule has 8 heteroatoms. The highest BCUT2D eigenvalue weighted by molar-refractivity contribution is 9.10. The average molecular weight is 384 g/mol. The van der Waals surface area contributed by atoms with E-state index in [4.69, 9.17) is 0 Å². The number of anilines is 1. The zero-order valence-electron chi connectivity index (χ0n) is 12.7. The van der Waals surface area contributed by atoms with Crippen LogP contribution in [0.4, 0.5) is 5.69 Å². The van der Waals surface area contributed by atoms with Crippen LogP contribution in [-0.2, 0) is 11.3 Å². The number of thioether (sulfide) groups is 1. The molecule has 0 saturated heterocycles. The normalized spacial score (nSPS) is 11.0. The van der Waals surface area contributed by atoms with Crippen LogP contribution in [0.15, 0.2) is 27.8 Å². The maximum atomic E-state index is 12.0. The summed E-state index contributed by atoms with van der Waals surface area (Å²) >= 11 is 4.78. The first-order valence-electron chi connectivity index (χ1n) is 6.90. The van der Waals surface area contributed by atoms with E-state index in [1.165, 1.54) is 11.8 Å². The van der Waals surface area contributed by atoms with E-state index >= 15 is 0 Å². The minimum absolute atomic E-state index is 0.0892. The first-order chi connectivity index (χ1) is 10.5. The van der Waals surface area contributed by atoms with Crippen LogP contribution >= 0.6 is 27.7 Å². The molecule has 0 bridgehead atoms. The number of nitrogens with zero attached hydrogens (tertiary/aromatic N) is 4. The van der Waals surface area contributed by atoms with Gasteiger partial charge in [0.1, 0.15) is 0 Å². The van der Waals surface area contributed by atoms with Crippen LogP contribution in [0.5, 0.6) is 0 Å². The Hall–Kier alpha value is -1.41. The van der Waals surface area contributed by atoms with Gasteiger partial charge in [-0.25, -0.2) is 4.68 Å². The molecule has 0 radical (unpaired) electrons. The third kappa shape index (κ3) is 4.81. The average Bonchev–Trinajstić information content (AvgIpc) is 2.86. The molecule has 118 valence electrons. The second-order valence-electron chi connectivity index (χ2n) is 5.36. The van der Waals surface area contributed by atoms with E-state index in [1.807, 2.05) is 25.1 Å². The molecule has 6 nitrogen and oxygen atoms in total. The van der Waals surface area contributed by atoms with Crippen molar-refractivity contribution in [3.8, 4) is 0 Å². The number of tetrazole rings is 1. The molecule has 0 spiro atoms. The predicted molar refractivity (Wildman–Crippen MR) is 90.9 cm³/mol. The molecule has 0 aliphatic rings. The van der Waals surface area contributed by atoms with Gasteiger partial charge in [-0.15, -0.1) is 5.10 Å². The molecule has 1 amide bonds. The van der Waals surface area contributed by atoms with E-state index in [-0.39, 0.29) is 11.7 Å². The van der Waals surface area contributed by atoms with Gasteiger partial charge in [-0.3, -0.25) is 4.79 Å². The number of hydrogen-bond donors (Lipinski definition) is 1. The third-order valence-corrected chi connectivity index (χ3v) is 4.38. The van der Waals surface area contributed by atoms with Gasteiger partial charge in [-0.2, -0.15) is 0 Å². The summed E-state index contributed by atoms with van der Waals surface area (Å²) in [5, 5.41) is 15.1. The number of carbonyl (C=O) groups is 1. The number of nitrogens with one attached hydrogen (secondary N) is 1. The van der Waals surface area contributed by atoms with Crippen molar-refractivity contribution >= 4 is 39.3 Å². The van der Waals surface area contributed by atoms with Gasteiger partial charge in [-0.05, 0) is 56.9 Å². The van der Waals surface area contributed by atoms with E-state index in [0.29, 0.717) is 11.1 Å². The van der Waals surface area contributed by atoms with Gasteiger partial charge in [0, 0.05) is 11.0 Å². The van der Waals surface area contributed by atoms with Crippen molar-refractivity contribution in [2.45, 2.75) is 32.5 Å². The molecule has 0 aliphatic carbocycles. The molecule has 0 fully saturated rings. The van der Waals surface area contributed by atoms with Crippen molar-refractivity contribution in [1.82, 2.24) is 20.2 Å². The maximum absolute atomic E-state index is 12.0. The van der Waals surface area contributed by atoms with Gasteiger partial charge < -0.3 is 5.32 Å². The summed E-state index contributed by atoms with van der Waals surface area (Å²) in [4.78, 5) is 12.0. The minimum Gasteiger partial charge on any atom is -0.324 e. The lowest BCUT2D eigenvalue weighted by atomic mass is 10.2. The van der Waals surface area contributed by atoms with E-state index in [0.717, 1.165) is 22.3 Å². The molecule has 0 aliphatic heterocycles. The quantitative estimate of drug-likeness (QED) is 0.775. The highest BCUT2D eigenvalue weighted by atomic mass is 79.9. The molecule has 1 aromatic carbocycles. The Morgan fingerprint density at radius 3 is 2.91 bits per heavy atom. The summed E-state index contributed by atoms with van der Waals surface area (Å²) in [6.45, 7) is 6.93. The predicted octanol–water partition coefficient (Wildman–Crippen LogP) is 3.13. The van der Waals surface area contributed by atoms with Gasteiger partial charge in [0.2, 0.25) is 11.1 Å². The van der Waals surface area contributed by atoms with Gasteiger partial charge in [-0.1, -0.05) is 31.7 Å². The fraction of sp³-hybridized carbons (Fsp3) is 0.429. The maximum Gasteiger partial charge on any atom is 0.234 e. The van der Waals surface area contributed by atoms with Crippen LogP contribution < -0.4 is 5.32 Å². The van der Waals surface area contributed by atoms with Crippen LogP contribution in [-0.4, -0.2) is 31.9 Å². The van der Waals surface area contributed by atoms with Crippen molar-refractivity contribution in [3.05, 3.63) is 28.2 Å². The van der Waals surface area contributed by atoms with Crippen LogP contribution in [0.1, 0.15) is 19.4 Å². The Morgan fingerprint density at radius 1 is 1.45 bits per heavy atom. The standard InChI is InChI=1S/C14H18BrN5OS/c1-9(2)7-20-14(17-18-19-20)22-8-13(21)16-12-5-4-10(3)6-11(12)15/h4-6,9H,7-8H2,1-3H3,(H,16,21). The van der Waals surface area contributed by atoms with Gasteiger partial charge in [0.15, 0.2) is 0 Å². The molecule has 0 saturated carbocycles. The highest BCUT2D eigenvalue weighted by Gasteiger charge is 2.12. The fourth-order valence-electron chi connectivity index (χ4n) is 1.80. The van der Waals surface area contributed by atoms with Gasteiger partial charge >= 0.3 is 0 Å². The summed E-state index contributed by atoms with van der Waals surface area (Å²) in [6.07, 6.45) is 0. The van der Waals surface area contributed by atoms with Gasteiger partial charge in [0.25, 0.3) is 0 Å². The van der Waals surface area contributed by atoms with E-state index in [9.17, 15) is 4.79 Å². The largest absolute Gasteiger partial charge is 0.324 e. The number of hydrogen-bond acceptors (Lipinski definition) is 5. The zero-order valence-corrected chi connectivity index (χ0v) is 15.1. The first-order valence-corrected chi connectivity index (χ1v) is 8.68. The van der Waals surface area contributed by atoms with Crippen molar-refractivity contribution < 1.29 is 4.79 Å². The molecule has 1 aromatic heterocycles. The lowest BCUT2D eigenvalue weighted by Crippen LogP contribution is -2.15. The van der Waals surface area contributed by atoms with Crippen LogP contribution in [0.3, 0.4) is 0 Å². The molecular formula is C14H18BrN5OS. The number of carbonyl (C=O) groups excluding carboxylic acids is 1. The molecule has 22 heavy (non-hydrogen) atoms. The van der Waals surface area contributed by atoms with Crippen molar-refractivity contribution in [2.24, 2.45) is 5.92 Å². The minimum atomic E-state index is -0.0892. The summed E-state index contributed by atoms with van der Waals surface area (Å²) in [7, 11) is 0. The Bertz CT molecular complexity index is 658. The van der Waals surface area contributed by atoms with Gasteiger partial charge in [0.05, 0.1) is 11.4 Å². The molecule has 1 N–H and O–H groups in total. The lowest BCUT2D eigenvalue weighted by Gasteiger charge is -2.08. The number of aryl methyl sites for hydroxylation is 1. The molecular weight excluding hydrogens is 366 g/mol. The Labute approximate surface area is 142 Å². The number of benzene rings is 1. The Balaban J connectivity index is 1.92. The summed E-state index contributed by atoms with van der Waals surface area (Å²) < 4.78 is 2.60. The summed E-state index contributed by atoms with van der Waals surface area (Å²) in [5.74, 6) is 0.618. The molecule has 0 atom stereocenters. The van der Waals surface area contributed by atoms with Crippen molar-refractivity contribution in [3.63, 3.8) is 0 Å². The van der Waals surface area contributed by atoms with Crippen LogP contribution in [0.2, 0.25) is 0 Å². The second kappa shape index (κ2) is 7.73. The first kappa shape index (κ1) is 17.0. The summed E-state index contributed by atoms with van der Waals surface area (Å²) in [5.41, 5.74) is 1.89. The molecule has 2 rings (SSSR count). The lowest BCUT2D eigenvalue weighted by molar-refractivity contribution is -0.113. The Kier molecular flexibility index (Phi) is 5.96. The number of halogens is 1. The third-order valence-electron chi connectivity index (χ3n) is 2.77. The Morgan fingerprint density at radius 2 is 2.23 bits per heavy atom. The number of amides is 1. The van der Waals surface area contributed by atoms with Crippen molar-refractivity contribution in [1.29, 1.82) is 0 Å². The van der Waals surface area contributed by atoms with Crippen LogP contribution in [0.25, 0.3) is 0 Å². The monoisotopic (exact) mass is 383 g/mol. The fourth-order valence-corrected chi connectivity index (χ4v) is 3.08. The van der Waals surface area contributed by atoms with Crippen molar-refractivity contribution in [2.75, 3.05) is 11.1 Å². The molecule has 1 heterocycles. The number of aromatic nitrogens is 4. The molecule has 0 unspecified atom stereocenters. The number of rotatable bonds is 6. The van der Waals surface area contributed by atoms with E-state index in [1.54, 1.807) is 4.68 Å². The SMILES string of the molecule is Cc1ccc(NC(=O)CSc2nnnn2CC(C)C)c(Br)c1. The molecule has 2 aromatic rings. The topological polar surface area (TPSA) is 72.7 Å². The summed E-state index contributed by atoms with van der Waals surface area (Å²) in [6, 6.07) is 5.80. The van der Waals surface area contributed by atoms with E-state index in [2.05, 4.69) is 50.6 Å². The zero-order chi connectivity index (χ0) is 16.1. The van der Waals surface area contributed by atoms with E-state index < -0.39 is 0 Å². The smallest absolute Gasteiger partial charge is 0.234 e. The second-order valence-corrected chi connectivity index (χ2v) is 7.15.